The standard InChI is InChI=1S/C20H24N4O2/c1-4-26-12-8-11-21-20(25)17-13-22-19-18(16-9-6-5-7-10-16)14(2)23-24(19)15(17)3/h5-7,9-10,13H,4,8,11-12H2,1-3H3,(H,21,25). The Hall–Kier alpha value is -2.73. The van der Waals surface area contributed by atoms with Crippen molar-refractivity contribution >= 4 is 11.6 Å². The second-order valence-electron chi connectivity index (χ2n) is 6.13. The SMILES string of the molecule is CCOCCCNC(=O)c1cnc2c(-c3ccccc3)c(C)nn2c1C. The van der Waals surface area contributed by atoms with Gasteiger partial charge in [-0.3, -0.25) is 4.79 Å². The van der Waals surface area contributed by atoms with Gasteiger partial charge in [0.2, 0.25) is 0 Å². The predicted molar refractivity (Wildman–Crippen MR) is 101 cm³/mol. The molecule has 0 bridgehead atoms. The van der Waals surface area contributed by atoms with E-state index in [1.54, 1.807) is 10.7 Å². The summed E-state index contributed by atoms with van der Waals surface area (Å²) in [4.78, 5) is 17.0. The summed E-state index contributed by atoms with van der Waals surface area (Å²) < 4.78 is 7.04. The molecule has 0 aliphatic heterocycles. The molecule has 6 heteroatoms. The highest BCUT2D eigenvalue weighted by molar-refractivity contribution is 5.95. The first-order valence-electron chi connectivity index (χ1n) is 8.89. The van der Waals surface area contributed by atoms with Crippen LogP contribution in [0.1, 0.15) is 35.1 Å². The maximum atomic E-state index is 12.5. The van der Waals surface area contributed by atoms with Crippen molar-refractivity contribution in [2.45, 2.75) is 27.2 Å². The van der Waals surface area contributed by atoms with E-state index < -0.39 is 0 Å². The molecular formula is C20H24N4O2. The van der Waals surface area contributed by atoms with Gasteiger partial charge in [-0.25, -0.2) is 9.50 Å². The van der Waals surface area contributed by atoms with Gasteiger partial charge in [0.15, 0.2) is 5.65 Å². The highest BCUT2D eigenvalue weighted by atomic mass is 16.5. The first-order chi connectivity index (χ1) is 12.6. The van der Waals surface area contributed by atoms with Gasteiger partial charge in [0.05, 0.1) is 17.0 Å². The Morgan fingerprint density at radius 1 is 1.23 bits per heavy atom. The minimum absolute atomic E-state index is 0.136. The lowest BCUT2D eigenvalue weighted by atomic mass is 10.1. The van der Waals surface area contributed by atoms with E-state index in [1.165, 1.54) is 0 Å². The zero-order valence-corrected chi connectivity index (χ0v) is 15.5. The molecule has 6 nitrogen and oxygen atoms in total. The molecule has 3 aromatic rings. The number of rotatable bonds is 7. The number of fused-ring (bicyclic) bond motifs is 1. The molecule has 1 aromatic carbocycles. The molecule has 1 amide bonds. The smallest absolute Gasteiger partial charge is 0.254 e. The number of carbonyl (C=O) groups is 1. The summed E-state index contributed by atoms with van der Waals surface area (Å²) in [6.07, 6.45) is 2.42. The molecule has 0 unspecified atom stereocenters. The van der Waals surface area contributed by atoms with Crippen LogP contribution < -0.4 is 5.32 Å². The number of carbonyl (C=O) groups excluding carboxylic acids is 1. The van der Waals surface area contributed by atoms with E-state index in [0.717, 1.165) is 34.6 Å². The van der Waals surface area contributed by atoms with E-state index in [-0.39, 0.29) is 5.91 Å². The van der Waals surface area contributed by atoms with Gasteiger partial charge in [0, 0.05) is 31.5 Å². The van der Waals surface area contributed by atoms with Gasteiger partial charge in [-0.2, -0.15) is 5.10 Å². The van der Waals surface area contributed by atoms with Crippen LogP contribution in [0, 0.1) is 13.8 Å². The number of hydrogen-bond donors (Lipinski definition) is 1. The Bertz CT molecular complexity index is 903. The van der Waals surface area contributed by atoms with Crippen LogP contribution in [-0.2, 0) is 4.74 Å². The minimum Gasteiger partial charge on any atom is -0.382 e. The van der Waals surface area contributed by atoms with Crippen molar-refractivity contribution < 1.29 is 9.53 Å². The number of aromatic nitrogens is 3. The van der Waals surface area contributed by atoms with Gasteiger partial charge in [0.1, 0.15) is 0 Å². The van der Waals surface area contributed by atoms with Crippen LogP contribution in [0.25, 0.3) is 16.8 Å². The van der Waals surface area contributed by atoms with Crippen molar-refractivity contribution in [2.75, 3.05) is 19.8 Å². The molecular weight excluding hydrogens is 328 g/mol. The van der Waals surface area contributed by atoms with E-state index in [2.05, 4.69) is 15.4 Å². The van der Waals surface area contributed by atoms with Gasteiger partial charge in [-0.15, -0.1) is 0 Å². The average molecular weight is 352 g/mol. The highest BCUT2D eigenvalue weighted by Gasteiger charge is 2.18. The molecule has 0 atom stereocenters. The summed E-state index contributed by atoms with van der Waals surface area (Å²) in [7, 11) is 0. The fourth-order valence-corrected chi connectivity index (χ4v) is 2.98. The number of nitrogens with one attached hydrogen (secondary N) is 1. The normalized spacial score (nSPS) is 11.0. The van der Waals surface area contributed by atoms with Crippen LogP contribution in [0.2, 0.25) is 0 Å². The molecule has 1 N–H and O–H groups in total. The molecule has 2 aromatic heterocycles. The predicted octanol–water partition coefficient (Wildman–Crippen LogP) is 3.17. The lowest BCUT2D eigenvalue weighted by Crippen LogP contribution is -2.27. The molecule has 0 spiro atoms. The molecule has 3 rings (SSSR count). The zero-order valence-electron chi connectivity index (χ0n) is 15.5. The minimum atomic E-state index is -0.136. The van der Waals surface area contributed by atoms with E-state index in [9.17, 15) is 4.79 Å². The average Bonchev–Trinajstić information content (AvgIpc) is 2.99. The van der Waals surface area contributed by atoms with Crippen molar-refractivity contribution in [1.82, 2.24) is 19.9 Å². The van der Waals surface area contributed by atoms with Gasteiger partial charge in [0.25, 0.3) is 5.91 Å². The number of benzene rings is 1. The third-order valence-corrected chi connectivity index (χ3v) is 4.32. The Morgan fingerprint density at radius 3 is 2.73 bits per heavy atom. The molecule has 0 saturated carbocycles. The quantitative estimate of drug-likeness (QED) is 0.663. The van der Waals surface area contributed by atoms with Gasteiger partial charge in [-0.1, -0.05) is 30.3 Å². The first kappa shape index (κ1) is 18.1. The summed E-state index contributed by atoms with van der Waals surface area (Å²) in [5.41, 5.74) is 5.04. The number of amides is 1. The molecule has 0 aliphatic rings. The van der Waals surface area contributed by atoms with E-state index >= 15 is 0 Å². The lowest BCUT2D eigenvalue weighted by molar-refractivity contribution is 0.0942. The highest BCUT2D eigenvalue weighted by Crippen LogP contribution is 2.27. The number of hydrogen-bond acceptors (Lipinski definition) is 4. The van der Waals surface area contributed by atoms with Crippen molar-refractivity contribution in [3.05, 3.63) is 53.5 Å². The zero-order chi connectivity index (χ0) is 18.5. The third-order valence-electron chi connectivity index (χ3n) is 4.32. The largest absolute Gasteiger partial charge is 0.382 e. The number of aryl methyl sites for hydroxylation is 2. The fourth-order valence-electron chi connectivity index (χ4n) is 2.98. The van der Waals surface area contributed by atoms with Gasteiger partial charge < -0.3 is 10.1 Å². The first-order valence-corrected chi connectivity index (χ1v) is 8.89. The molecule has 0 aliphatic carbocycles. The van der Waals surface area contributed by atoms with Crippen LogP contribution in [-0.4, -0.2) is 40.3 Å². The summed E-state index contributed by atoms with van der Waals surface area (Å²) in [5.74, 6) is -0.136. The van der Waals surface area contributed by atoms with Crippen molar-refractivity contribution in [3.8, 4) is 11.1 Å². The van der Waals surface area contributed by atoms with Gasteiger partial charge in [-0.05, 0) is 32.8 Å². The van der Waals surface area contributed by atoms with Gasteiger partial charge >= 0.3 is 0 Å². The number of nitrogens with zero attached hydrogens (tertiary/aromatic N) is 3. The van der Waals surface area contributed by atoms with Crippen LogP contribution in [0.15, 0.2) is 36.5 Å². The molecule has 0 fully saturated rings. The summed E-state index contributed by atoms with van der Waals surface area (Å²) in [5, 5.41) is 7.52. The molecule has 2 heterocycles. The van der Waals surface area contributed by atoms with Crippen LogP contribution >= 0.6 is 0 Å². The molecule has 0 radical (unpaired) electrons. The fraction of sp³-hybridized carbons (Fsp3) is 0.350. The second kappa shape index (κ2) is 8.10. The third kappa shape index (κ3) is 3.60. The topological polar surface area (TPSA) is 68.5 Å². The Balaban J connectivity index is 1.87. The van der Waals surface area contributed by atoms with Crippen LogP contribution in [0.5, 0.6) is 0 Å². The Kier molecular flexibility index (Phi) is 5.63. The Labute approximate surface area is 153 Å². The molecule has 0 saturated heterocycles. The summed E-state index contributed by atoms with van der Waals surface area (Å²) >= 11 is 0. The second-order valence-corrected chi connectivity index (χ2v) is 6.13. The van der Waals surface area contributed by atoms with Crippen molar-refractivity contribution in [2.24, 2.45) is 0 Å². The maximum absolute atomic E-state index is 12.5. The van der Waals surface area contributed by atoms with Crippen LogP contribution in [0.4, 0.5) is 0 Å². The number of ether oxygens (including phenoxy) is 1. The monoisotopic (exact) mass is 352 g/mol. The van der Waals surface area contributed by atoms with E-state index in [0.29, 0.717) is 25.3 Å². The molecule has 136 valence electrons. The van der Waals surface area contributed by atoms with E-state index in [1.807, 2.05) is 51.1 Å². The van der Waals surface area contributed by atoms with Crippen molar-refractivity contribution in [3.63, 3.8) is 0 Å². The summed E-state index contributed by atoms with van der Waals surface area (Å²) in [6, 6.07) is 10.1. The summed E-state index contributed by atoms with van der Waals surface area (Å²) in [6.45, 7) is 7.72. The van der Waals surface area contributed by atoms with E-state index in [4.69, 9.17) is 4.74 Å². The maximum Gasteiger partial charge on any atom is 0.254 e. The Morgan fingerprint density at radius 2 is 2.00 bits per heavy atom. The lowest BCUT2D eigenvalue weighted by Gasteiger charge is -2.09. The van der Waals surface area contributed by atoms with Crippen LogP contribution in [0.3, 0.4) is 0 Å². The molecule has 26 heavy (non-hydrogen) atoms. The van der Waals surface area contributed by atoms with Crippen molar-refractivity contribution in [1.29, 1.82) is 0 Å².